The smallest absolute Gasteiger partial charge is 0.218 e. The van der Waals surface area contributed by atoms with Gasteiger partial charge in [0.2, 0.25) is 5.11 Å². The van der Waals surface area contributed by atoms with Gasteiger partial charge in [0, 0.05) is 6.54 Å². The Morgan fingerprint density at radius 3 is 3.11 bits per heavy atom. The lowest BCUT2D eigenvalue weighted by Crippen LogP contribution is -2.36. The molecule has 0 saturated heterocycles. The highest BCUT2D eigenvalue weighted by molar-refractivity contribution is 7.80. The van der Waals surface area contributed by atoms with Crippen molar-refractivity contribution < 1.29 is 4.74 Å². The van der Waals surface area contributed by atoms with Crippen LogP contribution < -0.4 is 4.74 Å². The van der Waals surface area contributed by atoms with Crippen LogP contribution >= 0.6 is 12.2 Å². The normalized spacial score (nSPS) is 18.2. The third kappa shape index (κ3) is 2.92. The van der Waals surface area contributed by atoms with Crippen molar-refractivity contribution in [2.45, 2.75) is 13.1 Å². The van der Waals surface area contributed by atoms with E-state index in [0.717, 1.165) is 5.75 Å². The van der Waals surface area contributed by atoms with E-state index in [1.807, 2.05) is 36.1 Å². The summed E-state index contributed by atoms with van der Waals surface area (Å²) in [4.78, 5) is 1.89. The predicted molar refractivity (Wildman–Crippen MR) is 74.8 cm³/mol. The van der Waals surface area contributed by atoms with Crippen LogP contribution in [0, 0.1) is 6.92 Å². The molecular weight excluding hydrogens is 246 g/mol. The molecule has 2 rings (SSSR count). The molecule has 94 valence electrons. The highest BCUT2D eigenvalue weighted by Gasteiger charge is 2.25. The molecule has 4 nitrogen and oxygen atoms in total. The van der Waals surface area contributed by atoms with Crippen molar-refractivity contribution in [3.05, 3.63) is 42.5 Å². The standard InChI is InChI=1S/C13H15N3OS/c1-3-7-16-12(14-15-13(16)18)9-17-11-6-4-5-10(2)8-11/h3-6,8,12H,1,7,9H2,2H3. The minimum Gasteiger partial charge on any atom is -0.489 e. The Morgan fingerprint density at radius 2 is 2.39 bits per heavy atom. The lowest BCUT2D eigenvalue weighted by Gasteiger charge is -2.21. The van der Waals surface area contributed by atoms with Crippen molar-refractivity contribution >= 4 is 17.3 Å². The summed E-state index contributed by atoms with van der Waals surface area (Å²) in [6.07, 6.45) is 1.62. The molecule has 1 heterocycles. The van der Waals surface area contributed by atoms with E-state index in [9.17, 15) is 0 Å². The van der Waals surface area contributed by atoms with Crippen molar-refractivity contribution in [2.75, 3.05) is 13.2 Å². The van der Waals surface area contributed by atoms with Crippen molar-refractivity contribution in [1.82, 2.24) is 4.90 Å². The lowest BCUT2D eigenvalue weighted by atomic mass is 10.2. The van der Waals surface area contributed by atoms with Crippen LogP contribution in [0.3, 0.4) is 0 Å². The molecule has 18 heavy (non-hydrogen) atoms. The van der Waals surface area contributed by atoms with Crippen LogP contribution in [-0.4, -0.2) is 29.3 Å². The first-order chi connectivity index (χ1) is 8.70. The van der Waals surface area contributed by atoms with Gasteiger partial charge in [-0.05, 0) is 36.8 Å². The molecule has 1 aromatic rings. The Labute approximate surface area is 112 Å². The summed E-state index contributed by atoms with van der Waals surface area (Å²) in [5.41, 5.74) is 1.17. The van der Waals surface area contributed by atoms with Gasteiger partial charge in [-0.15, -0.1) is 11.7 Å². The Bertz CT molecular complexity index is 487. The van der Waals surface area contributed by atoms with Gasteiger partial charge in [0.25, 0.3) is 0 Å². The Hall–Kier alpha value is -1.75. The van der Waals surface area contributed by atoms with E-state index in [4.69, 9.17) is 17.0 Å². The lowest BCUT2D eigenvalue weighted by molar-refractivity contribution is 0.220. The fourth-order valence-electron chi connectivity index (χ4n) is 1.70. The number of azo groups is 1. The number of nitrogens with zero attached hydrogens (tertiary/aromatic N) is 3. The summed E-state index contributed by atoms with van der Waals surface area (Å²) in [5.74, 6) is 0.835. The average Bonchev–Trinajstić information content (AvgIpc) is 2.69. The first-order valence-corrected chi connectivity index (χ1v) is 6.13. The number of hydrogen-bond donors (Lipinski definition) is 0. The molecule has 0 N–H and O–H groups in total. The van der Waals surface area contributed by atoms with E-state index in [-0.39, 0.29) is 6.17 Å². The molecule has 1 atom stereocenters. The summed E-state index contributed by atoms with van der Waals surface area (Å²) >= 11 is 5.10. The minimum atomic E-state index is -0.156. The molecule has 0 spiro atoms. The molecule has 0 fully saturated rings. The molecule has 0 aromatic heterocycles. The van der Waals surface area contributed by atoms with Crippen molar-refractivity contribution in [1.29, 1.82) is 0 Å². The quantitative estimate of drug-likeness (QED) is 0.604. The number of hydrogen-bond acceptors (Lipinski definition) is 3. The van der Waals surface area contributed by atoms with Gasteiger partial charge in [0.15, 0.2) is 6.17 Å². The minimum absolute atomic E-state index is 0.156. The predicted octanol–water partition coefficient (Wildman–Crippen LogP) is 2.94. The van der Waals surface area contributed by atoms with Gasteiger partial charge >= 0.3 is 0 Å². The monoisotopic (exact) mass is 261 g/mol. The molecular formula is C13H15N3OS. The second-order valence-electron chi connectivity index (χ2n) is 4.05. The van der Waals surface area contributed by atoms with Crippen molar-refractivity contribution in [3.8, 4) is 5.75 Å². The van der Waals surface area contributed by atoms with E-state index < -0.39 is 0 Å². The van der Waals surface area contributed by atoms with Gasteiger partial charge < -0.3 is 9.64 Å². The molecule has 1 unspecified atom stereocenters. The highest BCUT2D eigenvalue weighted by atomic mass is 32.1. The van der Waals surface area contributed by atoms with E-state index in [1.165, 1.54) is 5.56 Å². The van der Waals surface area contributed by atoms with Crippen LogP contribution in [0.5, 0.6) is 5.75 Å². The Balaban J connectivity index is 1.95. The summed E-state index contributed by atoms with van der Waals surface area (Å²) < 4.78 is 5.71. The van der Waals surface area contributed by atoms with Gasteiger partial charge in [0.05, 0.1) is 0 Å². The third-order valence-corrected chi connectivity index (χ3v) is 2.91. The zero-order valence-corrected chi connectivity index (χ0v) is 11.1. The van der Waals surface area contributed by atoms with E-state index in [1.54, 1.807) is 6.08 Å². The van der Waals surface area contributed by atoms with Crippen molar-refractivity contribution in [3.63, 3.8) is 0 Å². The van der Waals surface area contributed by atoms with Gasteiger partial charge in [0.1, 0.15) is 12.4 Å². The molecule has 1 aliphatic heterocycles. The number of rotatable bonds is 5. The number of ether oxygens (including phenoxy) is 1. The SMILES string of the molecule is C=CCN1C(=S)N=NC1COc1cccc(C)c1. The van der Waals surface area contributed by atoms with E-state index >= 15 is 0 Å². The molecule has 0 radical (unpaired) electrons. The molecule has 0 bridgehead atoms. The maximum atomic E-state index is 5.71. The number of aryl methyl sites for hydroxylation is 1. The maximum Gasteiger partial charge on any atom is 0.218 e. The maximum absolute atomic E-state index is 5.71. The first-order valence-electron chi connectivity index (χ1n) is 5.72. The van der Waals surface area contributed by atoms with Gasteiger partial charge in [-0.25, -0.2) is 0 Å². The molecule has 0 aliphatic carbocycles. The average molecular weight is 261 g/mol. The van der Waals surface area contributed by atoms with Crippen molar-refractivity contribution in [2.24, 2.45) is 10.2 Å². The zero-order chi connectivity index (χ0) is 13.0. The fourth-order valence-corrected chi connectivity index (χ4v) is 1.94. The van der Waals surface area contributed by atoms with Gasteiger partial charge in [-0.3, -0.25) is 0 Å². The number of thiocarbonyl (C=S) groups is 1. The van der Waals surface area contributed by atoms with Crippen LogP contribution in [-0.2, 0) is 0 Å². The topological polar surface area (TPSA) is 37.2 Å². The third-order valence-electron chi connectivity index (χ3n) is 2.60. The zero-order valence-electron chi connectivity index (χ0n) is 10.2. The van der Waals surface area contributed by atoms with Crippen LogP contribution in [0.15, 0.2) is 47.1 Å². The van der Waals surface area contributed by atoms with Crippen LogP contribution in [0.4, 0.5) is 0 Å². The number of benzene rings is 1. The molecule has 1 aliphatic rings. The fraction of sp³-hybridized carbons (Fsp3) is 0.308. The summed E-state index contributed by atoms with van der Waals surface area (Å²) in [5, 5.41) is 8.49. The summed E-state index contributed by atoms with van der Waals surface area (Å²) in [6, 6.07) is 7.91. The van der Waals surface area contributed by atoms with Gasteiger partial charge in [-0.2, -0.15) is 5.11 Å². The van der Waals surface area contributed by atoms with Crippen LogP contribution in [0.1, 0.15) is 5.56 Å². The Morgan fingerprint density at radius 1 is 1.56 bits per heavy atom. The summed E-state index contributed by atoms with van der Waals surface area (Å²) in [6.45, 7) is 6.79. The molecule has 0 amide bonds. The molecule has 0 saturated carbocycles. The van der Waals surface area contributed by atoms with Crippen LogP contribution in [0.25, 0.3) is 0 Å². The molecule has 5 heteroatoms. The Kier molecular flexibility index (Phi) is 4.04. The van der Waals surface area contributed by atoms with E-state index in [2.05, 4.69) is 16.8 Å². The van der Waals surface area contributed by atoms with E-state index in [0.29, 0.717) is 18.3 Å². The second-order valence-corrected chi connectivity index (χ2v) is 4.41. The van der Waals surface area contributed by atoms with Crippen LogP contribution in [0.2, 0.25) is 0 Å². The summed E-state index contributed by atoms with van der Waals surface area (Å²) in [7, 11) is 0. The highest BCUT2D eigenvalue weighted by Crippen LogP contribution is 2.17. The largest absolute Gasteiger partial charge is 0.489 e. The van der Waals surface area contributed by atoms with Gasteiger partial charge in [-0.1, -0.05) is 18.2 Å². The second kappa shape index (κ2) is 5.73. The first kappa shape index (κ1) is 12.7. The molecule has 1 aromatic carbocycles.